The van der Waals surface area contributed by atoms with E-state index in [0.29, 0.717) is 0 Å². The minimum absolute atomic E-state index is 0.0239. The van der Waals surface area contributed by atoms with Gasteiger partial charge in [0.25, 0.3) is 0 Å². The maximum atomic E-state index is 5.80. The van der Waals surface area contributed by atoms with E-state index in [4.69, 9.17) is 4.43 Å². The Labute approximate surface area is 65.2 Å². The van der Waals surface area contributed by atoms with Gasteiger partial charge in [-0.25, -0.2) is 0 Å². The highest BCUT2D eigenvalue weighted by atomic mass is 28.4. The molecule has 1 nitrogen and oxygen atoms in total. The SMILES string of the molecule is C=C[Si](C)(C)OC(C)(C)C. The van der Waals surface area contributed by atoms with Gasteiger partial charge in [0.05, 0.1) is 0 Å². The van der Waals surface area contributed by atoms with Gasteiger partial charge in [-0.2, -0.15) is 0 Å². The van der Waals surface area contributed by atoms with Crippen LogP contribution in [0.15, 0.2) is 12.3 Å². The summed E-state index contributed by atoms with van der Waals surface area (Å²) in [6.07, 6.45) is 0. The van der Waals surface area contributed by atoms with Crippen LogP contribution >= 0.6 is 0 Å². The van der Waals surface area contributed by atoms with Crippen LogP contribution in [0.4, 0.5) is 0 Å². The third-order valence-electron chi connectivity index (χ3n) is 1.06. The molecule has 0 bridgehead atoms. The Morgan fingerprint density at radius 2 is 1.70 bits per heavy atom. The minimum Gasteiger partial charge on any atom is -0.409 e. The summed E-state index contributed by atoms with van der Waals surface area (Å²) in [5.74, 6) is 0. The van der Waals surface area contributed by atoms with Gasteiger partial charge in [0.1, 0.15) is 0 Å². The third kappa shape index (κ3) is 4.76. The lowest BCUT2D eigenvalue weighted by atomic mass is 10.2. The number of hydrogen-bond donors (Lipinski definition) is 0. The summed E-state index contributed by atoms with van der Waals surface area (Å²) in [5, 5.41) is 0. The van der Waals surface area contributed by atoms with Crippen LogP contribution in [0.25, 0.3) is 0 Å². The van der Waals surface area contributed by atoms with Gasteiger partial charge in [-0.3, -0.25) is 0 Å². The van der Waals surface area contributed by atoms with E-state index in [1.807, 2.05) is 5.70 Å². The molecule has 0 amide bonds. The van der Waals surface area contributed by atoms with Gasteiger partial charge < -0.3 is 4.43 Å². The lowest BCUT2D eigenvalue weighted by Gasteiger charge is -2.29. The Hall–Kier alpha value is -0.0831. The maximum absolute atomic E-state index is 5.80. The van der Waals surface area contributed by atoms with Crippen molar-refractivity contribution < 1.29 is 4.43 Å². The molecule has 0 spiro atoms. The summed E-state index contributed by atoms with van der Waals surface area (Å²) in [4.78, 5) is 0. The topological polar surface area (TPSA) is 9.23 Å². The van der Waals surface area contributed by atoms with E-state index >= 15 is 0 Å². The molecule has 0 rings (SSSR count). The molecular weight excluding hydrogens is 140 g/mol. The molecular formula is C8H18OSi. The largest absolute Gasteiger partial charge is 0.409 e. The van der Waals surface area contributed by atoms with Crippen molar-refractivity contribution in [3.63, 3.8) is 0 Å². The first-order valence-electron chi connectivity index (χ1n) is 3.61. The lowest BCUT2D eigenvalue weighted by molar-refractivity contribution is 0.124. The predicted octanol–water partition coefficient (Wildman–Crippen LogP) is 2.73. The molecule has 0 aromatic heterocycles. The molecule has 0 unspecified atom stereocenters. The van der Waals surface area contributed by atoms with Crippen molar-refractivity contribution in [2.24, 2.45) is 0 Å². The van der Waals surface area contributed by atoms with Crippen molar-refractivity contribution in [3.8, 4) is 0 Å². The van der Waals surface area contributed by atoms with Gasteiger partial charge in [-0.15, -0.1) is 6.58 Å². The molecule has 0 aliphatic carbocycles. The van der Waals surface area contributed by atoms with Crippen LogP contribution in [0.3, 0.4) is 0 Å². The van der Waals surface area contributed by atoms with E-state index in [1.165, 1.54) is 0 Å². The van der Waals surface area contributed by atoms with Gasteiger partial charge in [0, 0.05) is 5.60 Å². The molecule has 0 aromatic carbocycles. The Bertz CT molecular complexity index is 122. The zero-order valence-electron chi connectivity index (χ0n) is 7.69. The predicted molar refractivity (Wildman–Crippen MR) is 48.5 cm³/mol. The fraction of sp³-hybridized carbons (Fsp3) is 0.750. The summed E-state index contributed by atoms with van der Waals surface area (Å²) in [6.45, 7) is 14.3. The molecule has 60 valence electrons. The second-order valence-corrected chi connectivity index (χ2v) is 7.84. The van der Waals surface area contributed by atoms with Crippen molar-refractivity contribution in [2.75, 3.05) is 0 Å². The Morgan fingerprint density at radius 1 is 1.30 bits per heavy atom. The molecule has 10 heavy (non-hydrogen) atoms. The first kappa shape index (κ1) is 9.92. The standard InChI is InChI=1S/C8H18OSi/c1-7-10(5,6)9-8(2,3)4/h7H,1H2,2-6H3. The average molecular weight is 158 g/mol. The third-order valence-corrected chi connectivity index (χ3v) is 3.18. The molecule has 0 N–H and O–H groups in total. The Kier molecular flexibility index (Phi) is 2.86. The second-order valence-electron chi connectivity index (χ2n) is 4.02. The maximum Gasteiger partial charge on any atom is 0.211 e. The van der Waals surface area contributed by atoms with Gasteiger partial charge in [-0.1, -0.05) is 5.70 Å². The van der Waals surface area contributed by atoms with Crippen LogP contribution in [0.1, 0.15) is 20.8 Å². The van der Waals surface area contributed by atoms with Crippen molar-refractivity contribution >= 4 is 8.32 Å². The molecule has 2 heteroatoms. The minimum atomic E-state index is -1.55. The first-order valence-corrected chi connectivity index (χ1v) is 6.59. The van der Waals surface area contributed by atoms with Crippen LogP contribution in [-0.4, -0.2) is 13.9 Å². The van der Waals surface area contributed by atoms with Gasteiger partial charge in [0.15, 0.2) is 0 Å². The zero-order chi connectivity index (χ0) is 8.41. The summed E-state index contributed by atoms with van der Waals surface area (Å²) in [5.41, 5.74) is 1.93. The van der Waals surface area contributed by atoms with E-state index in [9.17, 15) is 0 Å². The van der Waals surface area contributed by atoms with Crippen LogP contribution in [0, 0.1) is 0 Å². The normalized spacial score (nSPS) is 13.3. The monoisotopic (exact) mass is 158 g/mol. The molecule has 0 atom stereocenters. The highest BCUT2D eigenvalue weighted by molar-refractivity contribution is 6.76. The van der Waals surface area contributed by atoms with Gasteiger partial charge in [0.2, 0.25) is 8.32 Å². The van der Waals surface area contributed by atoms with Crippen LogP contribution in [-0.2, 0) is 4.43 Å². The fourth-order valence-electron chi connectivity index (χ4n) is 0.831. The van der Waals surface area contributed by atoms with Crippen molar-refractivity contribution in [1.82, 2.24) is 0 Å². The molecule has 0 aromatic rings. The number of rotatable bonds is 2. The summed E-state index contributed by atoms with van der Waals surface area (Å²) in [6, 6.07) is 0. The molecule has 0 saturated heterocycles. The molecule has 0 aliphatic heterocycles. The molecule has 0 heterocycles. The van der Waals surface area contributed by atoms with Crippen LogP contribution < -0.4 is 0 Å². The molecule has 0 aliphatic rings. The Morgan fingerprint density at radius 3 is 1.80 bits per heavy atom. The van der Waals surface area contributed by atoms with Crippen LogP contribution in [0.2, 0.25) is 13.1 Å². The summed E-state index contributed by atoms with van der Waals surface area (Å²) in [7, 11) is -1.55. The summed E-state index contributed by atoms with van der Waals surface area (Å²) < 4.78 is 5.80. The number of hydrogen-bond acceptors (Lipinski definition) is 1. The fourth-order valence-corrected chi connectivity index (χ4v) is 2.49. The van der Waals surface area contributed by atoms with E-state index in [1.54, 1.807) is 0 Å². The highest BCUT2D eigenvalue weighted by Crippen LogP contribution is 2.16. The van der Waals surface area contributed by atoms with Gasteiger partial charge in [-0.05, 0) is 33.9 Å². The van der Waals surface area contributed by atoms with Crippen molar-refractivity contribution in [3.05, 3.63) is 12.3 Å². The van der Waals surface area contributed by atoms with E-state index in [2.05, 4.69) is 40.4 Å². The summed E-state index contributed by atoms with van der Waals surface area (Å²) >= 11 is 0. The molecule has 0 fully saturated rings. The van der Waals surface area contributed by atoms with E-state index < -0.39 is 8.32 Å². The van der Waals surface area contributed by atoms with Gasteiger partial charge >= 0.3 is 0 Å². The quantitative estimate of drug-likeness (QED) is 0.561. The van der Waals surface area contributed by atoms with Crippen molar-refractivity contribution in [2.45, 2.75) is 39.5 Å². The first-order chi connectivity index (χ1) is 4.27. The molecule has 0 radical (unpaired) electrons. The van der Waals surface area contributed by atoms with E-state index in [0.717, 1.165) is 0 Å². The zero-order valence-corrected chi connectivity index (χ0v) is 8.69. The Balaban J connectivity index is 4.01. The second kappa shape index (κ2) is 2.89. The lowest BCUT2D eigenvalue weighted by Crippen LogP contribution is -2.37. The van der Waals surface area contributed by atoms with Crippen LogP contribution in [0.5, 0.6) is 0 Å². The van der Waals surface area contributed by atoms with E-state index in [-0.39, 0.29) is 5.60 Å². The van der Waals surface area contributed by atoms with Crippen molar-refractivity contribution in [1.29, 1.82) is 0 Å². The molecule has 0 saturated carbocycles. The highest BCUT2D eigenvalue weighted by Gasteiger charge is 2.24. The smallest absolute Gasteiger partial charge is 0.211 e. The average Bonchev–Trinajstić information content (AvgIpc) is 1.60.